The Morgan fingerprint density at radius 2 is 0.521 bits per heavy atom. The first-order valence-electron chi connectivity index (χ1n) is 30.4. The fraction of sp³-hybridized carbons (Fsp3) is 0.769. The quantitative estimate of drug-likeness (QED) is 0.0261. The number of unbranched alkanes of at least 4 members (excludes halogenated alkanes) is 32. The molecule has 0 radical (unpaired) electrons. The SMILES string of the molecule is CCCCC/C=C\C/C=C\C/C=C\CCCCCCC(=O)O[C@H](COC(=O)CCC/C=C\C/C=C\C/C=C\CCCCCCCC)COC(=O)CCCCCCCCCCCCCCCCCCCCC. The normalized spacial score (nSPS) is 12.5. The van der Waals surface area contributed by atoms with Gasteiger partial charge in [-0.15, -0.1) is 0 Å². The van der Waals surface area contributed by atoms with E-state index in [1.165, 1.54) is 173 Å². The number of esters is 3. The van der Waals surface area contributed by atoms with E-state index in [9.17, 15) is 14.4 Å². The molecule has 0 aromatic heterocycles. The largest absolute Gasteiger partial charge is 0.462 e. The monoisotopic (exact) mass is 991 g/mol. The smallest absolute Gasteiger partial charge is 0.306 e. The molecule has 0 bridgehead atoms. The van der Waals surface area contributed by atoms with Gasteiger partial charge in [-0.25, -0.2) is 0 Å². The Morgan fingerprint density at radius 1 is 0.282 bits per heavy atom. The summed E-state index contributed by atoms with van der Waals surface area (Å²) in [6.07, 6.45) is 76.2. The zero-order valence-electron chi connectivity index (χ0n) is 47.0. The highest BCUT2D eigenvalue weighted by atomic mass is 16.6. The number of carbonyl (C=O) groups is 3. The summed E-state index contributed by atoms with van der Waals surface area (Å²) in [7, 11) is 0. The van der Waals surface area contributed by atoms with Gasteiger partial charge in [-0.3, -0.25) is 14.4 Å². The van der Waals surface area contributed by atoms with Crippen molar-refractivity contribution in [1.82, 2.24) is 0 Å². The molecular weight excluding hydrogens is 877 g/mol. The number of carbonyl (C=O) groups excluding carboxylic acids is 3. The van der Waals surface area contributed by atoms with E-state index < -0.39 is 6.10 Å². The molecule has 0 unspecified atom stereocenters. The molecule has 0 saturated carbocycles. The van der Waals surface area contributed by atoms with Crippen molar-refractivity contribution in [3.8, 4) is 0 Å². The van der Waals surface area contributed by atoms with Gasteiger partial charge in [-0.1, -0.05) is 267 Å². The Hall–Kier alpha value is -3.15. The van der Waals surface area contributed by atoms with E-state index in [-0.39, 0.29) is 37.5 Å². The Balaban J connectivity index is 4.45. The van der Waals surface area contributed by atoms with Crippen LogP contribution in [0.2, 0.25) is 0 Å². The maximum absolute atomic E-state index is 12.9. The van der Waals surface area contributed by atoms with E-state index in [0.29, 0.717) is 19.3 Å². The second-order valence-corrected chi connectivity index (χ2v) is 20.3. The maximum Gasteiger partial charge on any atom is 0.306 e. The molecular formula is C65H114O6. The zero-order valence-corrected chi connectivity index (χ0v) is 47.0. The number of hydrogen-bond acceptors (Lipinski definition) is 6. The highest BCUT2D eigenvalue weighted by molar-refractivity contribution is 5.71. The Morgan fingerprint density at radius 3 is 0.873 bits per heavy atom. The topological polar surface area (TPSA) is 78.9 Å². The van der Waals surface area contributed by atoms with Gasteiger partial charge in [-0.2, -0.15) is 0 Å². The lowest BCUT2D eigenvalue weighted by molar-refractivity contribution is -0.167. The number of rotatable bonds is 55. The third kappa shape index (κ3) is 57.6. The molecule has 0 N–H and O–H groups in total. The lowest BCUT2D eigenvalue weighted by Gasteiger charge is -2.18. The van der Waals surface area contributed by atoms with Gasteiger partial charge in [0.25, 0.3) is 0 Å². The van der Waals surface area contributed by atoms with Crippen LogP contribution in [0.3, 0.4) is 0 Å². The van der Waals surface area contributed by atoms with E-state index in [1.54, 1.807) is 0 Å². The molecule has 71 heavy (non-hydrogen) atoms. The van der Waals surface area contributed by atoms with Crippen LogP contribution in [0.15, 0.2) is 72.9 Å². The lowest BCUT2D eigenvalue weighted by atomic mass is 10.0. The fourth-order valence-electron chi connectivity index (χ4n) is 8.58. The molecule has 0 spiro atoms. The van der Waals surface area contributed by atoms with Crippen LogP contribution in [0.4, 0.5) is 0 Å². The van der Waals surface area contributed by atoms with Crippen molar-refractivity contribution in [2.75, 3.05) is 13.2 Å². The van der Waals surface area contributed by atoms with Crippen LogP contribution in [-0.4, -0.2) is 37.2 Å². The molecule has 0 aliphatic carbocycles. The van der Waals surface area contributed by atoms with Crippen LogP contribution in [0.25, 0.3) is 0 Å². The predicted octanol–water partition coefficient (Wildman–Crippen LogP) is 20.5. The molecule has 0 heterocycles. The summed E-state index contributed by atoms with van der Waals surface area (Å²) in [6, 6.07) is 0. The van der Waals surface area contributed by atoms with E-state index in [2.05, 4.69) is 93.7 Å². The Kier molecular flexibility index (Phi) is 56.8. The van der Waals surface area contributed by atoms with Crippen molar-refractivity contribution >= 4 is 17.9 Å². The van der Waals surface area contributed by atoms with Crippen molar-refractivity contribution in [3.63, 3.8) is 0 Å². The third-order valence-electron chi connectivity index (χ3n) is 13.2. The van der Waals surface area contributed by atoms with Crippen molar-refractivity contribution < 1.29 is 28.6 Å². The highest BCUT2D eigenvalue weighted by Gasteiger charge is 2.19. The summed E-state index contributed by atoms with van der Waals surface area (Å²) in [6.45, 7) is 6.58. The Labute approximate surface area is 440 Å². The average molecular weight is 992 g/mol. The van der Waals surface area contributed by atoms with Crippen LogP contribution in [0.1, 0.15) is 303 Å². The minimum Gasteiger partial charge on any atom is -0.462 e. The van der Waals surface area contributed by atoms with Gasteiger partial charge in [0.1, 0.15) is 13.2 Å². The van der Waals surface area contributed by atoms with Crippen LogP contribution >= 0.6 is 0 Å². The van der Waals surface area contributed by atoms with E-state index in [1.807, 2.05) is 0 Å². The van der Waals surface area contributed by atoms with Crippen LogP contribution in [0, 0.1) is 0 Å². The van der Waals surface area contributed by atoms with E-state index in [4.69, 9.17) is 14.2 Å². The van der Waals surface area contributed by atoms with Crippen molar-refractivity contribution in [3.05, 3.63) is 72.9 Å². The van der Waals surface area contributed by atoms with Gasteiger partial charge in [-0.05, 0) is 89.9 Å². The molecule has 6 heteroatoms. The molecule has 0 saturated heterocycles. The van der Waals surface area contributed by atoms with Gasteiger partial charge < -0.3 is 14.2 Å². The first kappa shape index (κ1) is 67.8. The van der Waals surface area contributed by atoms with Crippen LogP contribution in [-0.2, 0) is 28.6 Å². The van der Waals surface area contributed by atoms with Crippen molar-refractivity contribution in [1.29, 1.82) is 0 Å². The van der Waals surface area contributed by atoms with Crippen LogP contribution < -0.4 is 0 Å². The molecule has 410 valence electrons. The molecule has 1 atom stereocenters. The number of ether oxygens (including phenoxy) is 3. The minimum absolute atomic E-state index is 0.0978. The second kappa shape index (κ2) is 59.4. The first-order valence-corrected chi connectivity index (χ1v) is 30.4. The van der Waals surface area contributed by atoms with Gasteiger partial charge >= 0.3 is 17.9 Å². The maximum atomic E-state index is 12.9. The predicted molar refractivity (Wildman–Crippen MR) is 307 cm³/mol. The average Bonchev–Trinajstić information content (AvgIpc) is 3.37. The summed E-state index contributed by atoms with van der Waals surface area (Å²) < 4.78 is 16.8. The number of allylic oxidation sites excluding steroid dienone is 12. The molecule has 0 aromatic rings. The summed E-state index contributed by atoms with van der Waals surface area (Å²) in [5.41, 5.74) is 0. The van der Waals surface area contributed by atoms with E-state index in [0.717, 1.165) is 83.5 Å². The molecule has 0 amide bonds. The molecule has 0 aliphatic heterocycles. The van der Waals surface area contributed by atoms with E-state index >= 15 is 0 Å². The summed E-state index contributed by atoms with van der Waals surface area (Å²) in [4.78, 5) is 38.2. The lowest BCUT2D eigenvalue weighted by Crippen LogP contribution is -2.30. The van der Waals surface area contributed by atoms with Crippen molar-refractivity contribution in [2.24, 2.45) is 0 Å². The van der Waals surface area contributed by atoms with Crippen molar-refractivity contribution in [2.45, 2.75) is 309 Å². The molecule has 0 aromatic carbocycles. The van der Waals surface area contributed by atoms with Gasteiger partial charge in [0.2, 0.25) is 0 Å². The molecule has 0 aliphatic rings. The summed E-state index contributed by atoms with van der Waals surface area (Å²) in [5.74, 6) is -0.962. The van der Waals surface area contributed by atoms with Gasteiger partial charge in [0.15, 0.2) is 6.10 Å². The van der Waals surface area contributed by atoms with Gasteiger partial charge in [0.05, 0.1) is 0 Å². The minimum atomic E-state index is -0.807. The fourth-order valence-corrected chi connectivity index (χ4v) is 8.58. The zero-order chi connectivity index (χ0) is 51.4. The molecule has 6 nitrogen and oxygen atoms in total. The third-order valence-corrected chi connectivity index (χ3v) is 13.2. The second-order valence-electron chi connectivity index (χ2n) is 20.3. The highest BCUT2D eigenvalue weighted by Crippen LogP contribution is 2.16. The van der Waals surface area contributed by atoms with Crippen LogP contribution in [0.5, 0.6) is 0 Å². The Bertz CT molecular complexity index is 1320. The molecule has 0 fully saturated rings. The molecule has 0 rings (SSSR count). The number of hydrogen-bond donors (Lipinski definition) is 0. The summed E-state index contributed by atoms with van der Waals surface area (Å²) >= 11 is 0. The van der Waals surface area contributed by atoms with Gasteiger partial charge in [0, 0.05) is 19.3 Å². The first-order chi connectivity index (χ1) is 35.0. The standard InChI is InChI=1S/C65H114O6/c1-4-7-10-13-16-19-22-25-28-31-32-35-37-40-43-46-49-52-55-58-64(67)70-61-62(71-65(68)59-56-53-50-47-44-41-38-34-30-27-24-21-18-15-12-9-6-3)60-69-63(66)57-54-51-48-45-42-39-36-33-29-26-23-20-17-14-11-8-5-2/h18,21,26-27,29-30,36,38-39,41,45,48,62H,4-17,19-20,22-25,28,31-35,37,40,42-44,46-47,49-61H2,1-3H3/b21-18-,29-26-,30-27-,39-36-,41-38-,48-45-/t62-/m1/s1. The summed E-state index contributed by atoms with van der Waals surface area (Å²) in [5, 5.41) is 0.